The Bertz CT molecular complexity index is 1090. The molecule has 0 bridgehead atoms. The molecule has 4 rings (SSSR count). The van der Waals surface area contributed by atoms with E-state index in [1.165, 1.54) is 7.11 Å². The Morgan fingerprint density at radius 3 is 2.69 bits per heavy atom. The van der Waals surface area contributed by atoms with Crippen LogP contribution in [0.5, 0.6) is 5.88 Å². The van der Waals surface area contributed by atoms with Crippen molar-refractivity contribution in [2.24, 2.45) is 5.41 Å². The van der Waals surface area contributed by atoms with Gasteiger partial charge >= 0.3 is 0 Å². The van der Waals surface area contributed by atoms with Gasteiger partial charge < -0.3 is 13.9 Å². The lowest BCUT2D eigenvalue weighted by Crippen LogP contribution is -2.27. The Kier molecular flexibility index (Phi) is 3.76. The number of methoxy groups -OCH3 is 1. The summed E-state index contributed by atoms with van der Waals surface area (Å²) in [6.45, 7) is 3.49. The number of hydrogen-bond donors (Lipinski definition) is 0. The van der Waals surface area contributed by atoms with Crippen molar-refractivity contribution in [3.8, 4) is 11.9 Å². The van der Waals surface area contributed by atoms with Gasteiger partial charge in [-0.05, 0) is 31.9 Å². The molecular formula is C19H19N5O2. The molecule has 0 unspecified atom stereocenters. The molecule has 7 heteroatoms. The molecule has 1 aliphatic carbocycles. The Balaban J connectivity index is 1.69. The number of imidazole rings is 1. The van der Waals surface area contributed by atoms with Crippen LogP contribution in [0.3, 0.4) is 0 Å². The van der Waals surface area contributed by atoms with Crippen molar-refractivity contribution in [3.63, 3.8) is 0 Å². The van der Waals surface area contributed by atoms with Crippen molar-refractivity contribution in [1.82, 2.24) is 19.1 Å². The molecule has 0 aliphatic heterocycles. The first-order valence-corrected chi connectivity index (χ1v) is 8.51. The summed E-state index contributed by atoms with van der Waals surface area (Å²) in [4.78, 5) is 21.5. The van der Waals surface area contributed by atoms with Crippen LogP contribution in [-0.2, 0) is 13.1 Å². The second-order valence-corrected chi connectivity index (χ2v) is 6.94. The van der Waals surface area contributed by atoms with Crippen LogP contribution >= 0.6 is 0 Å². The molecule has 0 aromatic carbocycles. The van der Waals surface area contributed by atoms with E-state index < -0.39 is 0 Å². The van der Waals surface area contributed by atoms with Crippen LogP contribution in [-0.4, -0.2) is 26.2 Å². The van der Waals surface area contributed by atoms with Crippen LogP contribution in [0.1, 0.15) is 24.2 Å². The van der Waals surface area contributed by atoms with Gasteiger partial charge in [0.15, 0.2) is 0 Å². The highest BCUT2D eigenvalue weighted by Gasteiger charge is 2.43. The third-order valence-corrected chi connectivity index (χ3v) is 5.13. The predicted molar refractivity (Wildman–Crippen MR) is 95.9 cm³/mol. The summed E-state index contributed by atoms with van der Waals surface area (Å²) < 4.78 is 9.00. The van der Waals surface area contributed by atoms with Crippen LogP contribution in [0.4, 0.5) is 0 Å². The third kappa shape index (κ3) is 2.73. The molecule has 1 aliphatic rings. The van der Waals surface area contributed by atoms with E-state index in [0.29, 0.717) is 17.4 Å². The molecule has 0 radical (unpaired) electrons. The zero-order chi connectivity index (χ0) is 18.3. The number of ether oxygens (including phenoxy) is 1. The number of nitrogens with zero attached hydrogens (tertiary/aromatic N) is 5. The number of fused-ring (bicyclic) bond motifs is 1. The van der Waals surface area contributed by atoms with E-state index >= 15 is 0 Å². The monoisotopic (exact) mass is 349 g/mol. The first-order chi connectivity index (χ1) is 12.5. The predicted octanol–water partition coefficient (Wildman–Crippen LogP) is 2.26. The fraction of sp³-hybridized carbons (Fsp3) is 0.368. The lowest BCUT2D eigenvalue weighted by atomic mass is 10.1. The normalized spacial score (nSPS) is 15.0. The molecule has 3 aromatic heterocycles. The smallest absolute Gasteiger partial charge is 0.260 e. The molecule has 0 atom stereocenters. The summed E-state index contributed by atoms with van der Waals surface area (Å²) in [6, 6.07) is 5.41. The van der Waals surface area contributed by atoms with E-state index in [9.17, 15) is 10.1 Å². The maximum absolute atomic E-state index is 12.9. The van der Waals surface area contributed by atoms with E-state index in [2.05, 4.69) is 14.5 Å². The lowest BCUT2D eigenvalue weighted by Gasteiger charge is -2.18. The number of rotatable bonds is 5. The van der Waals surface area contributed by atoms with Crippen LogP contribution in [0.15, 0.2) is 35.5 Å². The van der Waals surface area contributed by atoms with Crippen molar-refractivity contribution >= 4 is 10.9 Å². The fourth-order valence-electron chi connectivity index (χ4n) is 3.39. The average Bonchev–Trinajstić information content (AvgIpc) is 3.29. The minimum absolute atomic E-state index is 0.0842. The van der Waals surface area contributed by atoms with Crippen LogP contribution in [0.2, 0.25) is 0 Å². The highest BCUT2D eigenvalue weighted by Crippen LogP contribution is 2.48. The van der Waals surface area contributed by atoms with E-state index in [-0.39, 0.29) is 22.4 Å². The molecule has 3 aromatic rings. The van der Waals surface area contributed by atoms with Gasteiger partial charge in [0.1, 0.15) is 17.5 Å². The van der Waals surface area contributed by atoms with Crippen molar-refractivity contribution < 1.29 is 4.74 Å². The van der Waals surface area contributed by atoms with E-state index in [1.54, 1.807) is 29.1 Å². The van der Waals surface area contributed by atoms with Crippen LogP contribution in [0, 0.1) is 23.7 Å². The van der Waals surface area contributed by atoms with Gasteiger partial charge in [-0.25, -0.2) is 9.97 Å². The second-order valence-electron chi connectivity index (χ2n) is 6.94. The molecule has 0 spiro atoms. The van der Waals surface area contributed by atoms with Gasteiger partial charge in [0.2, 0.25) is 5.88 Å². The van der Waals surface area contributed by atoms with Gasteiger partial charge in [-0.1, -0.05) is 0 Å². The minimum Gasteiger partial charge on any atom is -0.480 e. The molecule has 3 heterocycles. The minimum atomic E-state index is -0.122. The number of nitriles is 1. The molecule has 0 N–H and O–H groups in total. The standard InChI is InChI=1S/C19H19N5O2/c1-13-21-6-8-23(13)11-19(4-5-19)12-24-7-3-16-15(18(24)25)9-14(10-20)17(22-16)26-2/h3,6-9H,4-5,11-12H2,1-2H3. The zero-order valence-electron chi connectivity index (χ0n) is 14.8. The van der Waals surface area contributed by atoms with Crippen molar-refractivity contribution in [3.05, 3.63) is 52.5 Å². The maximum atomic E-state index is 12.9. The van der Waals surface area contributed by atoms with Crippen molar-refractivity contribution in [2.75, 3.05) is 7.11 Å². The second kappa shape index (κ2) is 5.99. The van der Waals surface area contributed by atoms with Gasteiger partial charge in [0.25, 0.3) is 5.56 Å². The molecule has 0 amide bonds. The molecule has 1 fully saturated rings. The zero-order valence-corrected chi connectivity index (χ0v) is 14.8. The molecular weight excluding hydrogens is 330 g/mol. The Morgan fingerprint density at radius 1 is 1.31 bits per heavy atom. The Labute approximate surface area is 150 Å². The van der Waals surface area contributed by atoms with E-state index in [4.69, 9.17) is 4.74 Å². The average molecular weight is 349 g/mol. The summed E-state index contributed by atoms with van der Waals surface area (Å²) in [5, 5.41) is 9.69. The van der Waals surface area contributed by atoms with Crippen LogP contribution < -0.4 is 10.3 Å². The number of aromatic nitrogens is 4. The van der Waals surface area contributed by atoms with Gasteiger partial charge in [-0.15, -0.1) is 0 Å². The van der Waals surface area contributed by atoms with Gasteiger partial charge in [0.05, 0.1) is 18.0 Å². The largest absolute Gasteiger partial charge is 0.480 e. The van der Waals surface area contributed by atoms with E-state index in [0.717, 1.165) is 25.2 Å². The highest BCUT2D eigenvalue weighted by atomic mass is 16.5. The number of hydrogen-bond acceptors (Lipinski definition) is 5. The Morgan fingerprint density at radius 2 is 2.08 bits per heavy atom. The summed E-state index contributed by atoms with van der Waals surface area (Å²) in [7, 11) is 1.46. The van der Waals surface area contributed by atoms with Crippen LogP contribution in [0.25, 0.3) is 10.9 Å². The third-order valence-electron chi connectivity index (χ3n) is 5.13. The van der Waals surface area contributed by atoms with Crippen molar-refractivity contribution in [2.45, 2.75) is 32.9 Å². The summed E-state index contributed by atoms with van der Waals surface area (Å²) in [5.74, 6) is 1.23. The first-order valence-electron chi connectivity index (χ1n) is 8.51. The summed E-state index contributed by atoms with van der Waals surface area (Å²) in [5.41, 5.74) is 0.770. The molecule has 1 saturated carbocycles. The molecule has 132 valence electrons. The SMILES string of the molecule is COc1nc2ccn(CC3(Cn4ccnc4C)CC3)c(=O)c2cc1C#N. The maximum Gasteiger partial charge on any atom is 0.260 e. The molecule has 0 saturated heterocycles. The summed E-state index contributed by atoms with van der Waals surface area (Å²) in [6.07, 6.45) is 7.73. The quantitative estimate of drug-likeness (QED) is 0.705. The molecule has 7 nitrogen and oxygen atoms in total. The topological polar surface area (TPSA) is 85.7 Å². The fourth-order valence-corrected chi connectivity index (χ4v) is 3.39. The molecule has 26 heavy (non-hydrogen) atoms. The lowest BCUT2D eigenvalue weighted by molar-refractivity contribution is 0.354. The van der Waals surface area contributed by atoms with Gasteiger partial charge in [0, 0.05) is 37.1 Å². The number of aryl methyl sites for hydroxylation is 1. The number of pyridine rings is 2. The summed E-state index contributed by atoms with van der Waals surface area (Å²) >= 11 is 0. The van der Waals surface area contributed by atoms with E-state index in [1.807, 2.05) is 19.2 Å². The highest BCUT2D eigenvalue weighted by molar-refractivity contribution is 5.79. The van der Waals surface area contributed by atoms with Gasteiger partial charge in [-0.3, -0.25) is 4.79 Å². The van der Waals surface area contributed by atoms with Gasteiger partial charge in [-0.2, -0.15) is 5.26 Å². The first kappa shape index (κ1) is 16.3. The Hall–Kier alpha value is -3.14. The van der Waals surface area contributed by atoms with Crippen molar-refractivity contribution in [1.29, 1.82) is 5.26 Å².